The third-order valence-corrected chi connectivity index (χ3v) is 3.72. The van der Waals surface area contributed by atoms with Crippen LogP contribution in [0.15, 0.2) is 29.2 Å². The van der Waals surface area contributed by atoms with Gasteiger partial charge < -0.3 is 11.1 Å². The van der Waals surface area contributed by atoms with Crippen LogP contribution in [0.4, 0.5) is 17.2 Å². The van der Waals surface area contributed by atoms with E-state index >= 15 is 0 Å². The highest BCUT2D eigenvalue weighted by Gasteiger charge is 2.15. The van der Waals surface area contributed by atoms with Gasteiger partial charge in [-0.05, 0) is 30.4 Å². The first-order chi connectivity index (χ1) is 9.02. The largest absolute Gasteiger partial charge is 0.394 e. The molecule has 4 nitrogen and oxygen atoms in total. The van der Waals surface area contributed by atoms with Crippen molar-refractivity contribution >= 4 is 29.0 Å². The molecule has 1 heterocycles. The van der Waals surface area contributed by atoms with Gasteiger partial charge in [0.1, 0.15) is 0 Å². The van der Waals surface area contributed by atoms with Crippen LogP contribution in [-0.2, 0) is 7.05 Å². The van der Waals surface area contributed by atoms with Crippen molar-refractivity contribution in [2.24, 2.45) is 7.05 Å². The van der Waals surface area contributed by atoms with Crippen molar-refractivity contribution in [2.45, 2.75) is 24.7 Å². The lowest BCUT2D eigenvalue weighted by Crippen LogP contribution is -2.01. The quantitative estimate of drug-likeness (QED) is 0.838. The van der Waals surface area contributed by atoms with Gasteiger partial charge >= 0.3 is 0 Å². The minimum Gasteiger partial charge on any atom is -0.394 e. The number of hydrogen-bond donors (Lipinski definition) is 2. The maximum Gasteiger partial charge on any atom is 0.152 e. The Morgan fingerprint density at radius 2 is 2.11 bits per heavy atom. The van der Waals surface area contributed by atoms with Crippen LogP contribution in [0.25, 0.3) is 0 Å². The number of thioether (sulfide) groups is 1. The van der Waals surface area contributed by atoms with E-state index in [1.165, 1.54) is 4.90 Å². The summed E-state index contributed by atoms with van der Waals surface area (Å²) in [6.07, 6.45) is 2.06. The molecule has 0 radical (unpaired) electrons. The predicted molar refractivity (Wildman–Crippen MR) is 83.2 cm³/mol. The maximum atomic E-state index is 6.17. The number of aryl methyl sites for hydroxylation is 1. The van der Waals surface area contributed by atoms with Crippen molar-refractivity contribution in [3.8, 4) is 0 Å². The molecule has 19 heavy (non-hydrogen) atoms. The summed E-state index contributed by atoms with van der Waals surface area (Å²) in [4.78, 5) is 1.22. The van der Waals surface area contributed by atoms with Crippen LogP contribution in [-0.4, -0.2) is 16.0 Å². The van der Waals surface area contributed by atoms with Crippen molar-refractivity contribution in [2.75, 3.05) is 17.3 Å². The van der Waals surface area contributed by atoms with E-state index in [9.17, 15) is 0 Å². The van der Waals surface area contributed by atoms with E-state index < -0.39 is 0 Å². The van der Waals surface area contributed by atoms with E-state index in [1.807, 2.05) is 19.2 Å². The van der Waals surface area contributed by atoms with Crippen LogP contribution < -0.4 is 11.1 Å². The summed E-state index contributed by atoms with van der Waals surface area (Å²) in [5, 5.41) is 7.82. The normalized spacial score (nSPS) is 11.0. The molecule has 0 saturated carbocycles. The highest BCUT2D eigenvalue weighted by Crippen LogP contribution is 2.30. The zero-order valence-electron chi connectivity index (χ0n) is 11.8. The predicted octanol–water partition coefficient (Wildman–Crippen LogP) is 3.59. The van der Waals surface area contributed by atoms with Gasteiger partial charge in [-0.25, -0.2) is 0 Å². The monoisotopic (exact) mass is 276 g/mol. The molecule has 0 fully saturated rings. The average molecular weight is 276 g/mol. The van der Waals surface area contributed by atoms with E-state index in [0.717, 1.165) is 22.9 Å². The molecule has 102 valence electrons. The highest BCUT2D eigenvalue weighted by molar-refractivity contribution is 7.98. The number of benzene rings is 1. The fourth-order valence-electron chi connectivity index (χ4n) is 1.97. The Hall–Kier alpha value is -1.62. The van der Waals surface area contributed by atoms with Crippen LogP contribution in [0.1, 0.15) is 25.5 Å². The van der Waals surface area contributed by atoms with E-state index in [4.69, 9.17) is 5.73 Å². The molecule has 0 aliphatic carbocycles. The van der Waals surface area contributed by atoms with Gasteiger partial charge in [0.25, 0.3) is 0 Å². The molecule has 0 atom stereocenters. The fraction of sp³-hybridized carbons (Fsp3) is 0.357. The van der Waals surface area contributed by atoms with Crippen molar-refractivity contribution < 1.29 is 0 Å². The third kappa shape index (κ3) is 2.87. The summed E-state index contributed by atoms with van der Waals surface area (Å²) in [6, 6.07) is 8.25. The Bertz CT molecular complexity index is 575. The van der Waals surface area contributed by atoms with Crippen LogP contribution in [0.5, 0.6) is 0 Å². The van der Waals surface area contributed by atoms with Crippen LogP contribution in [0.2, 0.25) is 0 Å². The number of rotatable bonds is 4. The maximum absolute atomic E-state index is 6.17. The number of nitrogens with zero attached hydrogens (tertiary/aromatic N) is 2. The third-order valence-electron chi connectivity index (χ3n) is 2.99. The Kier molecular flexibility index (Phi) is 4.04. The molecule has 1 aromatic heterocycles. The number of nitrogen functional groups attached to an aromatic ring is 1. The van der Waals surface area contributed by atoms with Gasteiger partial charge in [-0.3, -0.25) is 4.68 Å². The lowest BCUT2D eigenvalue weighted by atomic mass is 10.1. The summed E-state index contributed by atoms with van der Waals surface area (Å²) in [7, 11) is 1.91. The first-order valence-corrected chi connectivity index (χ1v) is 7.48. The number of aromatic nitrogens is 2. The zero-order chi connectivity index (χ0) is 14.0. The topological polar surface area (TPSA) is 55.9 Å². The van der Waals surface area contributed by atoms with Gasteiger partial charge in [-0.15, -0.1) is 11.8 Å². The van der Waals surface area contributed by atoms with Crippen LogP contribution in [0.3, 0.4) is 0 Å². The lowest BCUT2D eigenvalue weighted by molar-refractivity contribution is 0.718. The Morgan fingerprint density at radius 3 is 2.68 bits per heavy atom. The molecule has 0 aliphatic heterocycles. The second-order valence-corrected chi connectivity index (χ2v) is 5.66. The van der Waals surface area contributed by atoms with Crippen molar-refractivity contribution in [3.05, 3.63) is 30.0 Å². The Morgan fingerprint density at radius 1 is 1.37 bits per heavy atom. The average Bonchev–Trinajstić information content (AvgIpc) is 2.67. The van der Waals surface area contributed by atoms with E-state index in [0.29, 0.717) is 5.92 Å². The molecule has 0 amide bonds. The van der Waals surface area contributed by atoms with Gasteiger partial charge in [0.2, 0.25) is 0 Å². The van der Waals surface area contributed by atoms with Gasteiger partial charge in [0, 0.05) is 17.6 Å². The number of hydrogen-bond acceptors (Lipinski definition) is 4. The molecule has 2 rings (SSSR count). The Labute approximate surface area is 118 Å². The Balaban J connectivity index is 2.32. The smallest absolute Gasteiger partial charge is 0.152 e. The van der Waals surface area contributed by atoms with Crippen molar-refractivity contribution in [3.63, 3.8) is 0 Å². The lowest BCUT2D eigenvalue weighted by Gasteiger charge is -2.09. The molecule has 0 aliphatic rings. The summed E-state index contributed by atoms with van der Waals surface area (Å²) in [6.45, 7) is 4.19. The molecule has 3 N–H and O–H groups in total. The minimum absolute atomic E-state index is 0.319. The summed E-state index contributed by atoms with van der Waals surface area (Å²) >= 11 is 1.72. The van der Waals surface area contributed by atoms with Gasteiger partial charge in [-0.2, -0.15) is 5.10 Å². The van der Waals surface area contributed by atoms with Gasteiger partial charge in [0.05, 0.1) is 11.4 Å². The van der Waals surface area contributed by atoms with Gasteiger partial charge in [-0.1, -0.05) is 19.9 Å². The SMILES string of the molecule is CSc1cccc(Nc2c(N)c(C(C)C)nn2C)c1. The molecular formula is C14H20N4S. The standard InChI is InChI=1S/C14H20N4S/c1-9(2)13-12(15)14(18(3)17-13)16-10-6-5-7-11(8-10)19-4/h5-9,16H,15H2,1-4H3. The van der Waals surface area contributed by atoms with Crippen molar-refractivity contribution in [1.82, 2.24) is 9.78 Å². The molecule has 2 aromatic rings. The molecule has 0 spiro atoms. The number of anilines is 3. The molecular weight excluding hydrogens is 256 g/mol. The van der Waals surface area contributed by atoms with Crippen molar-refractivity contribution in [1.29, 1.82) is 0 Å². The first-order valence-electron chi connectivity index (χ1n) is 6.26. The summed E-state index contributed by atoms with van der Waals surface area (Å²) < 4.78 is 1.80. The second kappa shape index (κ2) is 5.57. The summed E-state index contributed by atoms with van der Waals surface area (Å²) in [5.74, 6) is 1.17. The second-order valence-electron chi connectivity index (χ2n) is 4.78. The molecule has 0 unspecified atom stereocenters. The molecule has 5 heteroatoms. The number of nitrogens with two attached hydrogens (primary N) is 1. The molecule has 0 saturated heterocycles. The molecule has 0 bridgehead atoms. The highest BCUT2D eigenvalue weighted by atomic mass is 32.2. The van der Waals surface area contributed by atoms with Gasteiger partial charge in [0.15, 0.2) is 5.82 Å². The fourth-order valence-corrected chi connectivity index (χ4v) is 2.43. The minimum atomic E-state index is 0.319. The van der Waals surface area contributed by atoms with E-state index in [2.05, 4.69) is 42.7 Å². The molecule has 1 aromatic carbocycles. The van der Waals surface area contributed by atoms with E-state index in [1.54, 1.807) is 16.4 Å². The first kappa shape index (κ1) is 13.8. The number of nitrogens with one attached hydrogen (secondary N) is 1. The van der Waals surface area contributed by atoms with Crippen LogP contribution in [0, 0.1) is 0 Å². The zero-order valence-corrected chi connectivity index (χ0v) is 12.6. The van der Waals surface area contributed by atoms with E-state index in [-0.39, 0.29) is 0 Å². The van der Waals surface area contributed by atoms with Crippen LogP contribution >= 0.6 is 11.8 Å². The summed E-state index contributed by atoms with van der Waals surface area (Å²) in [5.41, 5.74) is 8.86.